The van der Waals surface area contributed by atoms with E-state index in [9.17, 15) is 0 Å². The van der Waals surface area contributed by atoms with Crippen LogP contribution in [0.1, 0.15) is 17.2 Å². The summed E-state index contributed by atoms with van der Waals surface area (Å²) in [6, 6.07) is 14.4. The maximum atomic E-state index is 6.03. The molecular weight excluding hydrogens is 371 g/mol. The summed E-state index contributed by atoms with van der Waals surface area (Å²) in [4.78, 5) is 17.7. The summed E-state index contributed by atoms with van der Waals surface area (Å²) in [7, 11) is 0. The lowest BCUT2D eigenvalue weighted by atomic mass is 9.99. The van der Waals surface area contributed by atoms with Gasteiger partial charge in [0.25, 0.3) is 0 Å². The number of halogens is 2. The van der Waals surface area contributed by atoms with Crippen LogP contribution in [0.2, 0.25) is 10.0 Å². The number of rotatable bonds is 3. The lowest BCUT2D eigenvalue weighted by Crippen LogP contribution is -2.49. The molecule has 2 heterocycles. The van der Waals surface area contributed by atoms with Crippen molar-refractivity contribution < 1.29 is 0 Å². The molecule has 8 heteroatoms. The van der Waals surface area contributed by atoms with Crippen LogP contribution in [0.4, 0.5) is 0 Å². The molecule has 0 spiro atoms. The highest BCUT2D eigenvalue weighted by Gasteiger charge is 2.30. The first-order chi connectivity index (χ1) is 12.6. The topological polar surface area (TPSA) is 87.5 Å². The van der Waals surface area contributed by atoms with E-state index in [-0.39, 0.29) is 18.0 Å². The van der Waals surface area contributed by atoms with Gasteiger partial charge in [0.2, 0.25) is 5.96 Å². The molecule has 3 N–H and O–H groups in total. The second kappa shape index (κ2) is 6.90. The van der Waals surface area contributed by atoms with Gasteiger partial charge in [-0.25, -0.2) is 4.99 Å². The first-order valence-corrected chi connectivity index (χ1v) is 8.65. The number of hydrogen-bond donors (Lipinski definition) is 2. The molecule has 130 valence electrons. The van der Waals surface area contributed by atoms with Gasteiger partial charge in [-0.1, -0.05) is 47.5 Å². The van der Waals surface area contributed by atoms with Crippen LogP contribution in [0.5, 0.6) is 0 Å². The fraction of sp³-hybridized carbons (Fsp3) is 0.111. The molecule has 0 aromatic heterocycles. The Morgan fingerprint density at radius 2 is 1.54 bits per heavy atom. The zero-order valence-electron chi connectivity index (χ0n) is 13.5. The molecule has 4 rings (SSSR count). The minimum atomic E-state index is -0.371. The molecule has 26 heavy (non-hydrogen) atoms. The first-order valence-electron chi connectivity index (χ1n) is 7.89. The van der Waals surface area contributed by atoms with Gasteiger partial charge in [0, 0.05) is 10.0 Å². The van der Waals surface area contributed by atoms with E-state index in [1.807, 2.05) is 48.5 Å². The summed E-state index contributed by atoms with van der Waals surface area (Å²) >= 11 is 12.1. The molecule has 0 aliphatic carbocycles. The molecule has 0 amide bonds. The van der Waals surface area contributed by atoms with Crippen molar-refractivity contribution in [1.82, 2.24) is 5.32 Å². The fourth-order valence-electron chi connectivity index (χ4n) is 2.80. The molecule has 2 aromatic rings. The lowest BCUT2D eigenvalue weighted by molar-refractivity contribution is 0.855. The normalized spacial score (nSPS) is 20.0. The minimum Gasteiger partial charge on any atom is -0.369 e. The average Bonchev–Trinajstić information content (AvgIpc) is 3.10. The summed E-state index contributed by atoms with van der Waals surface area (Å²) in [6.45, 7) is 0. The van der Waals surface area contributed by atoms with Gasteiger partial charge in [0.1, 0.15) is 18.2 Å². The maximum absolute atomic E-state index is 6.03. The summed E-state index contributed by atoms with van der Waals surface area (Å²) in [6.07, 6.45) is 1.48. The van der Waals surface area contributed by atoms with E-state index in [0.717, 1.165) is 11.1 Å². The first kappa shape index (κ1) is 16.8. The van der Waals surface area contributed by atoms with Crippen molar-refractivity contribution in [3.05, 3.63) is 69.7 Å². The van der Waals surface area contributed by atoms with E-state index in [1.165, 1.54) is 6.34 Å². The molecule has 6 nitrogen and oxygen atoms in total. The molecule has 1 atom stereocenters. The molecule has 0 saturated carbocycles. The quantitative estimate of drug-likeness (QED) is 0.850. The zero-order valence-corrected chi connectivity index (χ0v) is 15.0. The van der Waals surface area contributed by atoms with Crippen molar-refractivity contribution in [3.63, 3.8) is 0 Å². The third-order valence-electron chi connectivity index (χ3n) is 4.04. The summed E-state index contributed by atoms with van der Waals surface area (Å²) in [5.74, 6) is 1.38. The van der Waals surface area contributed by atoms with E-state index in [0.29, 0.717) is 21.7 Å². The van der Waals surface area contributed by atoms with Gasteiger partial charge in [0.15, 0.2) is 11.9 Å². The Labute approximate surface area is 160 Å². The highest BCUT2D eigenvalue weighted by molar-refractivity contribution is 6.30. The summed E-state index contributed by atoms with van der Waals surface area (Å²) < 4.78 is 0. The number of hydrogen-bond acceptors (Lipinski definition) is 5. The SMILES string of the molecule is NC1=NC(=NC(c2ccc(Cl)cc2)c2ccc(Cl)cc2)C2N=CN=C2N1. The molecule has 0 radical (unpaired) electrons. The second-order valence-corrected chi connectivity index (χ2v) is 6.67. The number of guanidine groups is 1. The minimum absolute atomic E-state index is 0.246. The van der Waals surface area contributed by atoms with Crippen LogP contribution >= 0.6 is 23.2 Å². The maximum Gasteiger partial charge on any atom is 0.200 e. The van der Waals surface area contributed by atoms with E-state index >= 15 is 0 Å². The largest absolute Gasteiger partial charge is 0.369 e. The van der Waals surface area contributed by atoms with Crippen molar-refractivity contribution in [2.45, 2.75) is 12.1 Å². The number of nitrogens with two attached hydrogens (primary N) is 1. The highest BCUT2D eigenvalue weighted by Crippen LogP contribution is 2.29. The van der Waals surface area contributed by atoms with Crippen molar-refractivity contribution in [2.24, 2.45) is 25.7 Å². The third kappa shape index (κ3) is 3.34. The van der Waals surface area contributed by atoms with Crippen LogP contribution in [0.3, 0.4) is 0 Å². The monoisotopic (exact) mass is 384 g/mol. The molecular formula is C18H14Cl2N6. The molecule has 2 aliphatic rings. The Kier molecular flexibility index (Phi) is 4.44. The summed E-state index contributed by atoms with van der Waals surface area (Å²) in [5, 5.41) is 4.24. The van der Waals surface area contributed by atoms with Crippen LogP contribution in [-0.2, 0) is 0 Å². The molecule has 0 fully saturated rings. The van der Waals surface area contributed by atoms with Crippen LogP contribution in [-0.4, -0.2) is 30.0 Å². The van der Waals surface area contributed by atoms with Gasteiger partial charge >= 0.3 is 0 Å². The Morgan fingerprint density at radius 3 is 2.12 bits per heavy atom. The van der Waals surface area contributed by atoms with Gasteiger partial charge in [0.05, 0.1) is 0 Å². The van der Waals surface area contributed by atoms with Crippen molar-refractivity contribution >= 4 is 47.2 Å². The smallest absolute Gasteiger partial charge is 0.200 e. The van der Waals surface area contributed by atoms with Crippen molar-refractivity contribution in [2.75, 3.05) is 0 Å². The molecule has 1 unspecified atom stereocenters. The number of nitrogens with zero attached hydrogens (tertiary/aromatic N) is 4. The number of fused-ring (bicyclic) bond motifs is 1. The number of benzene rings is 2. The Bertz CT molecular complexity index is 899. The third-order valence-corrected chi connectivity index (χ3v) is 4.54. The Morgan fingerprint density at radius 1 is 0.962 bits per heavy atom. The van der Waals surface area contributed by atoms with Crippen LogP contribution in [0.25, 0.3) is 0 Å². The van der Waals surface area contributed by atoms with Crippen molar-refractivity contribution in [3.8, 4) is 0 Å². The predicted molar refractivity (Wildman–Crippen MR) is 107 cm³/mol. The van der Waals surface area contributed by atoms with Crippen molar-refractivity contribution in [1.29, 1.82) is 0 Å². The van der Waals surface area contributed by atoms with E-state index in [4.69, 9.17) is 33.9 Å². The number of aliphatic imine (C=N–C) groups is 4. The molecule has 2 aromatic carbocycles. The van der Waals surface area contributed by atoms with Gasteiger partial charge in [-0.3, -0.25) is 9.98 Å². The van der Waals surface area contributed by atoms with Crippen LogP contribution < -0.4 is 11.1 Å². The zero-order chi connectivity index (χ0) is 18.1. The van der Waals surface area contributed by atoms with Gasteiger partial charge in [-0.05, 0) is 35.4 Å². The molecule has 2 aliphatic heterocycles. The van der Waals surface area contributed by atoms with Crippen LogP contribution in [0, 0.1) is 0 Å². The Balaban J connectivity index is 1.81. The van der Waals surface area contributed by atoms with Crippen LogP contribution in [0.15, 0.2) is 68.5 Å². The van der Waals surface area contributed by atoms with E-state index < -0.39 is 0 Å². The number of nitrogens with one attached hydrogen (secondary N) is 1. The standard InChI is InChI=1S/C18H14Cl2N6/c19-12-5-1-10(2-6-12)14(11-3-7-13(20)8-4-11)24-17-15-16(23-9-22-15)25-18(21)26-17/h1-9,14-15H,(H3,21,22,23,24,25,26). The predicted octanol–water partition coefficient (Wildman–Crippen LogP) is 3.21. The van der Waals surface area contributed by atoms with E-state index in [2.05, 4.69) is 20.3 Å². The van der Waals surface area contributed by atoms with Gasteiger partial charge in [-0.2, -0.15) is 4.99 Å². The molecule has 0 saturated heterocycles. The van der Waals surface area contributed by atoms with E-state index in [1.54, 1.807) is 0 Å². The Hall–Kier alpha value is -2.70. The highest BCUT2D eigenvalue weighted by atomic mass is 35.5. The lowest BCUT2D eigenvalue weighted by Gasteiger charge is -2.21. The van der Waals surface area contributed by atoms with Gasteiger partial charge < -0.3 is 11.1 Å². The average molecular weight is 385 g/mol. The second-order valence-electron chi connectivity index (χ2n) is 5.80. The number of amidine groups is 2. The molecule has 0 bridgehead atoms. The van der Waals surface area contributed by atoms with Gasteiger partial charge in [-0.15, -0.1) is 0 Å². The summed E-state index contributed by atoms with van der Waals surface area (Å²) in [5.41, 5.74) is 7.80. The fourth-order valence-corrected chi connectivity index (χ4v) is 3.05.